The molecule has 0 aliphatic heterocycles. The number of sulfonamides is 1. The molecule has 104 valence electrons. The predicted molar refractivity (Wildman–Crippen MR) is 81.9 cm³/mol. The monoisotopic (exact) mass is 353 g/mol. The maximum Gasteiger partial charge on any atom is 0.282 e. The first-order valence-electron chi connectivity index (χ1n) is 5.71. The van der Waals surface area contributed by atoms with Gasteiger partial charge in [-0.05, 0) is 54.1 Å². The minimum atomic E-state index is -3.67. The Morgan fingerprint density at radius 1 is 1.05 bits per heavy atom. The molecule has 0 unspecified atom stereocenters. The van der Waals surface area contributed by atoms with Gasteiger partial charge in [-0.3, -0.25) is 0 Å². The number of hydrogen-bond acceptors (Lipinski definition) is 3. The summed E-state index contributed by atoms with van der Waals surface area (Å²) in [6.07, 6.45) is 1.32. The third-order valence-electron chi connectivity index (χ3n) is 2.57. The van der Waals surface area contributed by atoms with Gasteiger partial charge in [0.25, 0.3) is 10.0 Å². The first kappa shape index (κ1) is 14.7. The van der Waals surface area contributed by atoms with Crippen LogP contribution in [0.5, 0.6) is 5.75 Å². The molecule has 0 spiro atoms. The second-order valence-electron chi connectivity index (χ2n) is 3.94. The van der Waals surface area contributed by atoms with Gasteiger partial charge in [0, 0.05) is 10.7 Å². The van der Waals surface area contributed by atoms with E-state index >= 15 is 0 Å². The number of hydrogen-bond donors (Lipinski definition) is 0. The lowest BCUT2D eigenvalue weighted by Gasteiger charge is -2.00. The highest BCUT2D eigenvalue weighted by atomic mass is 79.9. The fraction of sp³-hybridized carbons (Fsp3) is 0.0714. The molecule has 0 radical (unpaired) electrons. The quantitative estimate of drug-likeness (QED) is 0.792. The van der Waals surface area contributed by atoms with Crippen molar-refractivity contribution in [2.24, 2.45) is 4.40 Å². The summed E-state index contributed by atoms with van der Waals surface area (Å²) in [5.41, 5.74) is 0.687. The van der Waals surface area contributed by atoms with Crippen molar-refractivity contribution in [1.82, 2.24) is 0 Å². The molecule has 0 N–H and O–H groups in total. The fourth-order valence-electron chi connectivity index (χ4n) is 1.49. The highest BCUT2D eigenvalue weighted by Crippen LogP contribution is 2.17. The van der Waals surface area contributed by atoms with E-state index in [0.29, 0.717) is 11.3 Å². The SMILES string of the molecule is COc1ccc(/C=N/S(=O)(=O)c2ccc(Br)cc2)cc1. The Balaban J connectivity index is 2.22. The number of halogens is 1. The van der Waals surface area contributed by atoms with E-state index in [-0.39, 0.29) is 4.90 Å². The number of nitrogens with zero attached hydrogens (tertiary/aromatic N) is 1. The molecular formula is C14H12BrNO3S. The first-order chi connectivity index (χ1) is 9.51. The topological polar surface area (TPSA) is 55.7 Å². The van der Waals surface area contributed by atoms with Crippen LogP contribution >= 0.6 is 15.9 Å². The van der Waals surface area contributed by atoms with E-state index in [4.69, 9.17) is 4.74 Å². The van der Waals surface area contributed by atoms with E-state index < -0.39 is 10.0 Å². The summed E-state index contributed by atoms with van der Waals surface area (Å²) < 4.78 is 33.5. The van der Waals surface area contributed by atoms with E-state index in [1.165, 1.54) is 18.3 Å². The van der Waals surface area contributed by atoms with Crippen LogP contribution in [0.1, 0.15) is 5.56 Å². The minimum absolute atomic E-state index is 0.158. The van der Waals surface area contributed by atoms with Crippen LogP contribution in [0, 0.1) is 0 Å². The lowest BCUT2D eigenvalue weighted by Crippen LogP contribution is -1.97. The smallest absolute Gasteiger partial charge is 0.282 e. The Labute approximate surface area is 126 Å². The molecule has 20 heavy (non-hydrogen) atoms. The zero-order valence-corrected chi connectivity index (χ0v) is 13.1. The molecule has 0 aromatic heterocycles. The standard InChI is InChI=1S/C14H12BrNO3S/c1-19-13-6-2-11(3-7-13)10-16-20(17,18)14-8-4-12(15)5-9-14/h2-10H,1H3/b16-10+. The van der Waals surface area contributed by atoms with E-state index in [1.807, 2.05) is 0 Å². The molecule has 0 amide bonds. The first-order valence-corrected chi connectivity index (χ1v) is 7.94. The largest absolute Gasteiger partial charge is 0.497 e. The van der Waals surface area contributed by atoms with Crippen LogP contribution in [0.4, 0.5) is 0 Å². The Hall–Kier alpha value is -1.66. The Bertz CT molecular complexity index is 707. The van der Waals surface area contributed by atoms with Gasteiger partial charge in [-0.2, -0.15) is 12.8 Å². The molecule has 0 heterocycles. The molecule has 0 bridgehead atoms. The van der Waals surface area contributed by atoms with Gasteiger partial charge in [0.1, 0.15) is 5.75 Å². The summed E-state index contributed by atoms with van der Waals surface area (Å²) >= 11 is 3.26. The number of methoxy groups -OCH3 is 1. The van der Waals surface area contributed by atoms with Crippen molar-refractivity contribution in [3.05, 3.63) is 58.6 Å². The van der Waals surface area contributed by atoms with Gasteiger partial charge < -0.3 is 4.74 Å². The van der Waals surface area contributed by atoms with Gasteiger partial charge in [0.15, 0.2) is 0 Å². The normalized spacial score (nSPS) is 11.7. The minimum Gasteiger partial charge on any atom is -0.497 e. The molecule has 0 fully saturated rings. The van der Waals surface area contributed by atoms with E-state index in [0.717, 1.165) is 4.47 Å². The van der Waals surface area contributed by atoms with Crippen molar-refractivity contribution >= 4 is 32.2 Å². The van der Waals surface area contributed by atoms with Gasteiger partial charge in [0.2, 0.25) is 0 Å². The van der Waals surface area contributed by atoms with Gasteiger partial charge in [0.05, 0.1) is 12.0 Å². The van der Waals surface area contributed by atoms with Crippen molar-refractivity contribution in [3.63, 3.8) is 0 Å². The van der Waals surface area contributed by atoms with Gasteiger partial charge in [-0.25, -0.2) is 0 Å². The molecule has 6 heteroatoms. The Morgan fingerprint density at radius 2 is 1.65 bits per heavy atom. The van der Waals surface area contributed by atoms with Crippen molar-refractivity contribution in [3.8, 4) is 5.75 Å². The van der Waals surface area contributed by atoms with Crippen molar-refractivity contribution in [1.29, 1.82) is 0 Å². The highest BCUT2D eigenvalue weighted by molar-refractivity contribution is 9.10. The van der Waals surface area contributed by atoms with Crippen LogP contribution in [0.3, 0.4) is 0 Å². The van der Waals surface area contributed by atoms with Gasteiger partial charge in [-0.15, -0.1) is 0 Å². The van der Waals surface area contributed by atoms with E-state index in [9.17, 15) is 8.42 Å². The molecule has 2 aromatic rings. The second-order valence-corrected chi connectivity index (χ2v) is 6.48. The average Bonchev–Trinajstić information content (AvgIpc) is 2.46. The molecule has 0 saturated carbocycles. The predicted octanol–water partition coefficient (Wildman–Crippen LogP) is 3.27. The van der Waals surface area contributed by atoms with E-state index in [2.05, 4.69) is 20.3 Å². The third kappa shape index (κ3) is 3.68. The lowest BCUT2D eigenvalue weighted by molar-refractivity contribution is 0.415. The van der Waals surface area contributed by atoms with Crippen molar-refractivity contribution < 1.29 is 13.2 Å². The lowest BCUT2D eigenvalue weighted by atomic mass is 10.2. The van der Waals surface area contributed by atoms with Crippen LogP contribution in [0.25, 0.3) is 0 Å². The summed E-state index contributed by atoms with van der Waals surface area (Å²) in [5.74, 6) is 0.706. The summed E-state index contributed by atoms with van der Waals surface area (Å²) in [4.78, 5) is 0.158. The van der Waals surface area contributed by atoms with Crippen LogP contribution in [0.2, 0.25) is 0 Å². The number of ether oxygens (including phenoxy) is 1. The maximum absolute atomic E-state index is 12.0. The Kier molecular flexibility index (Phi) is 4.57. The third-order valence-corrected chi connectivity index (χ3v) is 4.35. The number of benzene rings is 2. The Morgan fingerprint density at radius 3 is 2.20 bits per heavy atom. The molecule has 0 atom stereocenters. The van der Waals surface area contributed by atoms with Crippen LogP contribution in [-0.2, 0) is 10.0 Å². The average molecular weight is 354 g/mol. The van der Waals surface area contributed by atoms with Crippen LogP contribution < -0.4 is 4.74 Å². The molecule has 0 saturated heterocycles. The van der Waals surface area contributed by atoms with Gasteiger partial charge >= 0.3 is 0 Å². The van der Waals surface area contributed by atoms with Crippen LogP contribution in [-0.4, -0.2) is 21.7 Å². The van der Waals surface area contributed by atoms with Crippen LogP contribution in [0.15, 0.2) is 62.3 Å². The highest BCUT2D eigenvalue weighted by Gasteiger charge is 2.10. The molecule has 2 aromatic carbocycles. The zero-order valence-electron chi connectivity index (χ0n) is 10.7. The number of rotatable bonds is 4. The summed E-state index contributed by atoms with van der Waals surface area (Å²) in [6.45, 7) is 0. The van der Waals surface area contributed by atoms with Crippen molar-refractivity contribution in [2.45, 2.75) is 4.90 Å². The maximum atomic E-state index is 12.0. The molecule has 0 aliphatic rings. The molecular weight excluding hydrogens is 342 g/mol. The molecule has 0 aliphatic carbocycles. The van der Waals surface area contributed by atoms with Crippen molar-refractivity contribution in [2.75, 3.05) is 7.11 Å². The molecule has 4 nitrogen and oxygen atoms in total. The summed E-state index contributed by atoms with van der Waals surface area (Å²) in [7, 11) is -2.10. The van der Waals surface area contributed by atoms with Gasteiger partial charge in [-0.1, -0.05) is 15.9 Å². The molecule has 2 rings (SSSR count). The second kappa shape index (κ2) is 6.19. The summed E-state index contributed by atoms with van der Waals surface area (Å²) in [6, 6.07) is 13.3. The fourth-order valence-corrected chi connectivity index (χ4v) is 2.61. The van der Waals surface area contributed by atoms with E-state index in [1.54, 1.807) is 43.5 Å². The summed E-state index contributed by atoms with van der Waals surface area (Å²) in [5, 5.41) is 0. The zero-order chi connectivity index (χ0) is 14.6.